The minimum Gasteiger partial charge on any atom is -0.487 e. The van der Waals surface area contributed by atoms with Crippen LogP contribution in [0.5, 0.6) is 5.75 Å². The lowest BCUT2D eigenvalue weighted by Gasteiger charge is -2.15. The standard InChI is InChI=1S/C12H18N2O5/c1-4-19-10-7-5-6-9(12(10)14(15)16)13-8-11(17-2)18-3/h5-7,11,13H,4,8H2,1-3H3. The van der Waals surface area contributed by atoms with E-state index < -0.39 is 11.2 Å². The van der Waals surface area contributed by atoms with Gasteiger partial charge in [-0.25, -0.2) is 0 Å². The molecule has 19 heavy (non-hydrogen) atoms. The van der Waals surface area contributed by atoms with Crippen molar-refractivity contribution in [1.29, 1.82) is 0 Å². The maximum atomic E-state index is 11.1. The maximum absolute atomic E-state index is 11.1. The number of rotatable bonds is 8. The van der Waals surface area contributed by atoms with Gasteiger partial charge in [0.2, 0.25) is 0 Å². The zero-order valence-electron chi connectivity index (χ0n) is 11.2. The monoisotopic (exact) mass is 270 g/mol. The first kappa shape index (κ1) is 15.2. The number of hydrogen-bond acceptors (Lipinski definition) is 6. The molecule has 106 valence electrons. The summed E-state index contributed by atoms with van der Waals surface area (Å²) >= 11 is 0. The van der Waals surface area contributed by atoms with Gasteiger partial charge in [-0.3, -0.25) is 10.1 Å². The molecule has 1 rings (SSSR count). The summed E-state index contributed by atoms with van der Waals surface area (Å²) in [5, 5.41) is 14.0. The average Bonchev–Trinajstić information content (AvgIpc) is 2.40. The van der Waals surface area contributed by atoms with Crippen molar-refractivity contribution in [3.63, 3.8) is 0 Å². The van der Waals surface area contributed by atoms with Gasteiger partial charge >= 0.3 is 5.69 Å². The van der Waals surface area contributed by atoms with Crippen LogP contribution in [0.4, 0.5) is 11.4 Å². The van der Waals surface area contributed by atoms with Crippen LogP contribution < -0.4 is 10.1 Å². The lowest BCUT2D eigenvalue weighted by molar-refractivity contribution is -0.384. The van der Waals surface area contributed by atoms with Crippen LogP contribution in [0.1, 0.15) is 6.92 Å². The predicted octanol–water partition coefficient (Wildman–Crippen LogP) is 2.02. The van der Waals surface area contributed by atoms with E-state index in [0.717, 1.165) is 0 Å². The molecule has 0 heterocycles. The summed E-state index contributed by atoms with van der Waals surface area (Å²) in [6.45, 7) is 2.43. The van der Waals surface area contributed by atoms with Gasteiger partial charge in [-0.1, -0.05) is 6.07 Å². The first-order valence-corrected chi connectivity index (χ1v) is 5.83. The number of hydrogen-bond donors (Lipinski definition) is 1. The Balaban J connectivity index is 2.93. The number of methoxy groups -OCH3 is 2. The zero-order chi connectivity index (χ0) is 14.3. The van der Waals surface area contributed by atoms with Crippen LogP contribution in [0, 0.1) is 10.1 Å². The number of nitro benzene ring substituents is 1. The third kappa shape index (κ3) is 4.08. The number of para-hydroxylation sites is 1. The Morgan fingerprint density at radius 3 is 2.58 bits per heavy atom. The second-order valence-corrected chi connectivity index (χ2v) is 3.62. The smallest absolute Gasteiger partial charge is 0.333 e. The van der Waals surface area contributed by atoms with Gasteiger partial charge in [0.1, 0.15) is 5.69 Å². The van der Waals surface area contributed by atoms with E-state index in [-0.39, 0.29) is 11.4 Å². The molecule has 0 fully saturated rings. The molecule has 0 aliphatic carbocycles. The highest BCUT2D eigenvalue weighted by Crippen LogP contribution is 2.34. The van der Waals surface area contributed by atoms with E-state index in [4.69, 9.17) is 14.2 Å². The van der Waals surface area contributed by atoms with Crippen LogP contribution in [0.25, 0.3) is 0 Å². The minimum absolute atomic E-state index is 0.0877. The molecule has 0 radical (unpaired) electrons. The molecular weight excluding hydrogens is 252 g/mol. The summed E-state index contributed by atoms with van der Waals surface area (Å²) in [6.07, 6.45) is -0.477. The molecule has 0 amide bonds. The fourth-order valence-corrected chi connectivity index (χ4v) is 1.58. The quantitative estimate of drug-likeness (QED) is 0.442. The van der Waals surface area contributed by atoms with E-state index in [1.165, 1.54) is 14.2 Å². The lowest BCUT2D eigenvalue weighted by Crippen LogP contribution is -2.24. The van der Waals surface area contributed by atoms with Crippen molar-refractivity contribution in [1.82, 2.24) is 0 Å². The molecule has 1 aromatic carbocycles. The number of nitro groups is 1. The van der Waals surface area contributed by atoms with Gasteiger partial charge in [0.05, 0.1) is 18.1 Å². The largest absolute Gasteiger partial charge is 0.487 e. The molecular formula is C12H18N2O5. The molecule has 1 aromatic rings. The summed E-state index contributed by atoms with van der Waals surface area (Å²) in [4.78, 5) is 10.7. The van der Waals surface area contributed by atoms with E-state index in [2.05, 4.69) is 5.32 Å². The lowest BCUT2D eigenvalue weighted by atomic mass is 10.2. The number of nitrogens with zero attached hydrogens (tertiary/aromatic N) is 1. The number of anilines is 1. The highest BCUT2D eigenvalue weighted by molar-refractivity contribution is 5.68. The van der Waals surface area contributed by atoms with Crippen molar-refractivity contribution in [2.75, 3.05) is 32.7 Å². The molecule has 0 spiro atoms. The average molecular weight is 270 g/mol. The van der Waals surface area contributed by atoms with Crippen molar-refractivity contribution < 1.29 is 19.1 Å². The van der Waals surface area contributed by atoms with Crippen LogP contribution in [-0.4, -0.2) is 38.6 Å². The van der Waals surface area contributed by atoms with Crippen molar-refractivity contribution in [3.05, 3.63) is 28.3 Å². The van der Waals surface area contributed by atoms with Crippen molar-refractivity contribution in [2.45, 2.75) is 13.2 Å². The molecule has 0 aromatic heterocycles. The molecule has 7 heteroatoms. The Labute approximate surface area is 111 Å². The molecule has 0 aliphatic heterocycles. The molecule has 0 saturated carbocycles. The van der Waals surface area contributed by atoms with E-state index in [1.807, 2.05) is 0 Å². The second kappa shape index (κ2) is 7.55. The fraction of sp³-hybridized carbons (Fsp3) is 0.500. The second-order valence-electron chi connectivity index (χ2n) is 3.62. The van der Waals surface area contributed by atoms with E-state index in [0.29, 0.717) is 18.8 Å². The molecule has 0 saturated heterocycles. The van der Waals surface area contributed by atoms with Gasteiger partial charge in [0.25, 0.3) is 0 Å². The summed E-state index contributed by atoms with van der Waals surface area (Å²) in [5.41, 5.74) is 0.283. The minimum atomic E-state index is -0.477. The molecule has 0 unspecified atom stereocenters. The van der Waals surface area contributed by atoms with Crippen molar-refractivity contribution >= 4 is 11.4 Å². The van der Waals surface area contributed by atoms with Crippen LogP contribution in [0.15, 0.2) is 18.2 Å². The van der Waals surface area contributed by atoms with Crippen LogP contribution in [0.3, 0.4) is 0 Å². The van der Waals surface area contributed by atoms with Gasteiger partial charge in [-0.05, 0) is 19.1 Å². The van der Waals surface area contributed by atoms with Crippen LogP contribution in [0.2, 0.25) is 0 Å². The fourth-order valence-electron chi connectivity index (χ4n) is 1.58. The Morgan fingerprint density at radius 1 is 1.37 bits per heavy atom. The molecule has 1 N–H and O–H groups in total. The first-order valence-electron chi connectivity index (χ1n) is 5.83. The Hall–Kier alpha value is -1.86. The Kier molecular flexibility index (Phi) is 6.04. The zero-order valence-corrected chi connectivity index (χ0v) is 11.2. The third-order valence-corrected chi connectivity index (χ3v) is 2.47. The SMILES string of the molecule is CCOc1cccc(NCC(OC)OC)c1[N+](=O)[O-]. The predicted molar refractivity (Wildman–Crippen MR) is 70.6 cm³/mol. The third-order valence-electron chi connectivity index (χ3n) is 2.47. The van der Waals surface area contributed by atoms with Crippen LogP contribution in [-0.2, 0) is 9.47 Å². The topological polar surface area (TPSA) is 82.9 Å². The molecule has 0 bridgehead atoms. The van der Waals surface area contributed by atoms with Gasteiger partial charge in [-0.2, -0.15) is 0 Å². The van der Waals surface area contributed by atoms with E-state index in [1.54, 1.807) is 25.1 Å². The number of benzene rings is 1. The summed E-state index contributed by atoms with van der Waals surface area (Å²) in [7, 11) is 3.00. The number of ether oxygens (including phenoxy) is 3. The van der Waals surface area contributed by atoms with E-state index in [9.17, 15) is 10.1 Å². The molecule has 7 nitrogen and oxygen atoms in total. The van der Waals surface area contributed by atoms with E-state index >= 15 is 0 Å². The Morgan fingerprint density at radius 2 is 2.05 bits per heavy atom. The van der Waals surface area contributed by atoms with Gasteiger partial charge in [0, 0.05) is 14.2 Å². The molecule has 0 aliphatic rings. The summed E-state index contributed by atoms with van der Waals surface area (Å²) in [6, 6.07) is 4.87. The highest BCUT2D eigenvalue weighted by atomic mass is 16.7. The van der Waals surface area contributed by atoms with Gasteiger partial charge in [0.15, 0.2) is 12.0 Å². The van der Waals surface area contributed by atoms with Gasteiger partial charge < -0.3 is 19.5 Å². The maximum Gasteiger partial charge on any atom is 0.333 e. The number of nitrogens with one attached hydrogen (secondary N) is 1. The van der Waals surface area contributed by atoms with Crippen LogP contribution >= 0.6 is 0 Å². The van der Waals surface area contributed by atoms with Crippen molar-refractivity contribution in [2.24, 2.45) is 0 Å². The summed E-state index contributed by atoms with van der Waals surface area (Å²) < 4.78 is 15.3. The normalized spacial score (nSPS) is 10.5. The highest BCUT2D eigenvalue weighted by Gasteiger charge is 2.21. The first-order chi connectivity index (χ1) is 9.13. The molecule has 0 atom stereocenters. The van der Waals surface area contributed by atoms with Gasteiger partial charge in [-0.15, -0.1) is 0 Å². The Bertz CT molecular complexity index is 421. The van der Waals surface area contributed by atoms with Crippen molar-refractivity contribution in [3.8, 4) is 5.75 Å². The summed E-state index contributed by atoms with van der Waals surface area (Å²) in [5.74, 6) is 0.240.